The molecule has 216 valence electrons. The van der Waals surface area contributed by atoms with E-state index in [9.17, 15) is 19.2 Å². The maximum absolute atomic E-state index is 11.1. The van der Waals surface area contributed by atoms with Gasteiger partial charge in [-0.25, -0.2) is 11.7 Å². The van der Waals surface area contributed by atoms with Gasteiger partial charge in [0.25, 0.3) is 11.8 Å². The smallest absolute Gasteiger partial charge is 0.259 e. The topological polar surface area (TPSA) is 218 Å². The third-order valence-electron chi connectivity index (χ3n) is 4.28. The van der Waals surface area contributed by atoms with Gasteiger partial charge >= 0.3 is 0 Å². The summed E-state index contributed by atoms with van der Waals surface area (Å²) in [5, 5.41) is 0. The maximum atomic E-state index is 11.1. The molecule has 0 saturated carbocycles. The molecule has 0 heterocycles. The number of aldehydes is 2. The summed E-state index contributed by atoms with van der Waals surface area (Å²) in [6.07, 6.45) is 1.29. The van der Waals surface area contributed by atoms with Gasteiger partial charge in [-0.05, 0) is 0 Å². The van der Waals surface area contributed by atoms with Crippen LogP contribution in [-0.4, -0.2) is 130 Å². The second-order valence-corrected chi connectivity index (χ2v) is 7.43. The molecule has 0 aromatic heterocycles. The molecule has 0 spiro atoms. The van der Waals surface area contributed by atoms with Gasteiger partial charge in [-0.15, -0.1) is 0 Å². The lowest BCUT2D eigenvalue weighted by Gasteiger charge is -2.33. The Morgan fingerprint density at radius 3 is 1.14 bits per heavy atom. The van der Waals surface area contributed by atoms with Crippen LogP contribution in [0, 0.1) is 5.41 Å². The maximum Gasteiger partial charge on any atom is 0.259 e. The first-order valence-corrected chi connectivity index (χ1v) is 11.5. The first-order chi connectivity index (χ1) is 18.0. The Morgan fingerprint density at radius 2 is 0.838 bits per heavy atom. The number of hydrogen-bond acceptors (Lipinski definition) is 14. The third kappa shape index (κ3) is 21.7. The summed E-state index contributed by atoms with van der Waals surface area (Å²) in [4.78, 5) is 43.0. The zero-order valence-corrected chi connectivity index (χ0v) is 21.0. The first-order valence-electron chi connectivity index (χ1n) is 11.5. The second-order valence-electron chi connectivity index (χ2n) is 7.43. The van der Waals surface area contributed by atoms with Gasteiger partial charge < -0.3 is 47.5 Å². The molecule has 37 heavy (non-hydrogen) atoms. The Labute approximate surface area is 215 Å². The van der Waals surface area contributed by atoms with Gasteiger partial charge in [0, 0.05) is 0 Å². The lowest BCUT2D eigenvalue weighted by molar-refractivity contribution is -0.130. The molecular weight excluding hydrogens is 500 g/mol. The minimum absolute atomic E-state index is 0.0328. The van der Waals surface area contributed by atoms with Crippen LogP contribution in [0.1, 0.15) is 0 Å². The van der Waals surface area contributed by atoms with Crippen molar-refractivity contribution < 1.29 is 57.1 Å². The predicted molar refractivity (Wildman–Crippen MR) is 126 cm³/mol. The van der Waals surface area contributed by atoms with Crippen molar-refractivity contribution in [3.05, 3.63) is 0 Å². The molecule has 0 radical (unpaired) electrons. The highest BCUT2D eigenvalue weighted by Crippen LogP contribution is 2.21. The zero-order valence-electron chi connectivity index (χ0n) is 21.0. The first kappa shape index (κ1) is 34.9. The molecule has 16 nitrogen and oxygen atoms in total. The molecule has 0 rings (SSSR count). The van der Waals surface area contributed by atoms with Gasteiger partial charge in [-0.2, -0.15) is 0 Å². The van der Waals surface area contributed by atoms with E-state index in [2.05, 4.69) is 0 Å². The number of rotatable bonds is 28. The molecule has 0 aromatic carbocycles. The average molecular weight is 541 g/mol. The molecule has 0 fully saturated rings. The monoisotopic (exact) mass is 540 g/mol. The number of nitrogens with two attached hydrogens (primary N) is 2. The van der Waals surface area contributed by atoms with Crippen molar-refractivity contribution >= 4 is 24.4 Å². The fourth-order valence-electron chi connectivity index (χ4n) is 2.55. The van der Waals surface area contributed by atoms with Crippen molar-refractivity contribution in [2.75, 3.05) is 106 Å². The van der Waals surface area contributed by atoms with Crippen LogP contribution in [-0.2, 0) is 57.1 Å². The van der Waals surface area contributed by atoms with Crippen molar-refractivity contribution in [2.45, 2.75) is 0 Å². The van der Waals surface area contributed by atoms with E-state index < -0.39 is 17.2 Å². The quantitative estimate of drug-likeness (QED) is 0.0249. The standard InChI is InChI=1S/C21H40N4O12/c22-24-19(28)13-32-7-11-36-17-21(15-34-9-5-30-3-1-26,16-35-10-6-31-4-2-27)18-37-12-8-33-14-20(29)25-23/h1-2H,3-18,22-23H2,(H,24,28)(H,25,29). The normalized spacial score (nSPS) is 11.3. The number of ether oxygens (including phenoxy) is 8. The molecule has 0 atom stereocenters. The van der Waals surface area contributed by atoms with Gasteiger partial charge in [-0.1, -0.05) is 0 Å². The van der Waals surface area contributed by atoms with Crippen LogP contribution < -0.4 is 22.5 Å². The fourth-order valence-corrected chi connectivity index (χ4v) is 2.55. The van der Waals surface area contributed by atoms with E-state index in [1.165, 1.54) is 0 Å². The van der Waals surface area contributed by atoms with E-state index in [1.54, 1.807) is 0 Å². The van der Waals surface area contributed by atoms with E-state index in [4.69, 9.17) is 49.6 Å². The second kappa shape index (κ2) is 25.5. The molecule has 6 N–H and O–H groups in total. The van der Waals surface area contributed by atoms with Crippen LogP contribution in [0.15, 0.2) is 0 Å². The highest BCUT2D eigenvalue weighted by molar-refractivity contribution is 5.76. The van der Waals surface area contributed by atoms with Gasteiger partial charge in [0.2, 0.25) is 0 Å². The predicted octanol–water partition coefficient (Wildman–Crippen LogP) is -3.52. The van der Waals surface area contributed by atoms with Crippen LogP contribution in [0.5, 0.6) is 0 Å². The highest BCUT2D eigenvalue weighted by atomic mass is 16.6. The summed E-state index contributed by atoms with van der Waals surface area (Å²) in [5.41, 5.74) is 3.14. The number of amides is 2. The molecular formula is C21H40N4O12. The molecule has 0 aliphatic carbocycles. The number of nitrogens with one attached hydrogen (secondary N) is 2. The summed E-state index contributed by atoms with van der Waals surface area (Å²) in [5.74, 6) is 9.06. The van der Waals surface area contributed by atoms with Crippen LogP contribution in [0.25, 0.3) is 0 Å². The molecule has 2 amide bonds. The van der Waals surface area contributed by atoms with Crippen molar-refractivity contribution in [3.63, 3.8) is 0 Å². The lowest BCUT2D eigenvalue weighted by atomic mass is 9.92. The molecule has 16 heteroatoms. The Hall–Kier alpha value is -2.12. The van der Waals surface area contributed by atoms with E-state index in [0.29, 0.717) is 12.6 Å². The van der Waals surface area contributed by atoms with Crippen molar-refractivity contribution in [2.24, 2.45) is 17.1 Å². The van der Waals surface area contributed by atoms with E-state index in [0.717, 1.165) is 0 Å². The minimum Gasteiger partial charge on any atom is -0.378 e. The summed E-state index contributed by atoms with van der Waals surface area (Å²) >= 11 is 0. The van der Waals surface area contributed by atoms with Crippen LogP contribution >= 0.6 is 0 Å². The third-order valence-corrected chi connectivity index (χ3v) is 4.28. The van der Waals surface area contributed by atoms with Crippen LogP contribution in [0.3, 0.4) is 0 Å². The van der Waals surface area contributed by atoms with Crippen molar-refractivity contribution in [1.29, 1.82) is 0 Å². The van der Waals surface area contributed by atoms with E-state index in [1.807, 2.05) is 10.9 Å². The minimum atomic E-state index is -0.779. The molecule has 0 bridgehead atoms. The number of carbonyl (C=O) groups is 4. The van der Waals surface area contributed by atoms with Gasteiger partial charge in [0.15, 0.2) is 0 Å². The van der Waals surface area contributed by atoms with Crippen LogP contribution in [0.4, 0.5) is 0 Å². The van der Waals surface area contributed by atoms with Crippen LogP contribution in [0.2, 0.25) is 0 Å². The van der Waals surface area contributed by atoms with Gasteiger partial charge in [0.05, 0.1) is 84.7 Å². The molecule has 0 saturated heterocycles. The van der Waals surface area contributed by atoms with Crippen molar-refractivity contribution in [1.82, 2.24) is 10.9 Å². The average Bonchev–Trinajstić information content (AvgIpc) is 2.91. The van der Waals surface area contributed by atoms with Gasteiger partial charge in [-0.3, -0.25) is 20.4 Å². The summed E-state index contributed by atoms with van der Waals surface area (Å²) in [6, 6.07) is 0. The highest BCUT2D eigenvalue weighted by Gasteiger charge is 2.32. The number of hydrogen-bond donors (Lipinski definition) is 4. The molecule has 0 aromatic rings. The molecule has 0 aliphatic rings. The fraction of sp³-hybridized carbons (Fsp3) is 0.810. The summed E-state index contributed by atoms with van der Waals surface area (Å²) in [6.45, 7) is 1.58. The number of hydrazine groups is 2. The molecule has 0 unspecified atom stereocenters. The lowest BCUT2D eigenvalue weighted by Crippen LogP contribution is -2.43. The van der Waals surface area contributed by atoms with E-state index in [-0.39, 0.29) is 106 Å². The molecule has 0 aliphatic heterocycles. The summed E-state index contributed by atoms with van der Waals surface area (Å²) in [7, 11) is 0. The zero-order chi connectivity index (χ0) is 27.5. The Balaban J connectivity index is 4.90. The van der Waals surface area contributed by atoms with E-state index >= 15 is 0 Å². The van der Waals surface area contributed by atoms with Gasteiger partial charge in [0.1, 0.15) is 39.0 Å². The Bertz CT molecular complexity index is 550. The largest absolute Gasteiger partial charge is 0.378 e. The SMILES string of the molecule is NNC(=O)COCCOCC(COCCOCC=O)(COCCOCC=O)COCCOCC(=O)NN. The Morgan fingerprint density at radius 1 is 0.541 bits per heavy atom. The summed E-state index contributed by atoms with van der Waals surface area (Å²) < 4.78 is 43.5. The van der Waals surface area contributed by atoms with Crippen molar-refractivity contribution in [3.8, 4) is 0 Å². The Kier molecular flexibility index (Phi) is 24.1. The number of carbonyl (C=O) groups excluding carboxylic acids is 4.